The van der Waals surface area contributed by atoms with Crippen molar-refractivity contribution in [1.29, 1.82) is 0 Å². The molecule has 0 atom stereocenters. The highest BCUT2D eigenvalue weighted by Gasteiger charge is 2.15. The average Bonchev–Trinajstić information content (AvgIpc) is 2.97. The number of ether oxygens (including phenoxy) is 1. The first-order valence-electron chi connectivity index (χ1n) is 10.8. The maximum absolute atomic E-state index is 11.9. The molecule has 7 heteroatoms. The summed E-state index contributed by atoms with van der Waals surface area (Å²) in [5.41, 5.74) is 1.98. The monoisotopic (exact) mass is 423 g/mol. The third-order valence-corrected chi connectivity index (χ3v) is 5.52. The Morgan fingerprint density at radius 2 is 1.90 bits per heavy atom. The average molecular weight is 424 g/mol. The van der Waals surface area contributed by atoms with E-state index >= 15 is 0 Å². The van der Waals surface area contributed by atoms with Gasteiger partial charge in [0.25, 0.3) is 0 Å². The van der Waals surface area contributed by atoms with Crippen molar-refractivity contribution in [3.05, 3.63) is 23.8 Å². The highest BCUT2D eigenvalue weighted by molar-refractivity contribution is 5.94. The van der Waals surface area contributed by atoms with Crippen LogP contribution in [0.3, 0.4) is 0 Å². The van der Waals surface area contributed by atoms with E-state index in [0.717, 1.165) is 30.0 Å². The Balaban J connectivity index is 0.00000300. The third-order valence-electron chi connectivity index (χ3n) is 5.52. The number of carbonyl (C=O) groups excluding carboxylic acids is 2. The number of nitrogens with one attached hydrogen (secondary N) is 3. The van der Waals surface area contributed by atoms with Gasteiger partial charge in [0.2, 0.25) is 11.8 Å². The lowest BCUT2D eigenvalue weighted by atomic mass is 10.0. The highest BCUT2D eigenvalue weighted by atomic mass is 35.5. The number of halogens is 1. The molecule has 1 saturated carbocycles. The van der Waals surface area contributed by atoms with Gasteiger partial charge in [0.1, 0.15) is 5.75 Å². The van der Waals surface area contributed by atoms with Crippen LogP contribution in [-0.2, 0) is 16.0 Å². The Hall–Kier alpha value is -1.79. The second-order valence-electron chi connectivity index (χ2n) is 7.81. The Labute approximate surface area is 179 Å². The summed E-state index contributed by atoms with van der Waals surface area (Å²) in [6.45, 7) is 2.05. The molecule has 0 spiro atoms. The number of rotatable bonds is 9. The topological polar surface area (TPSA) is 79.5 Å². The molecule has 0 unspecified atom stereocenters. The summed E-state index contributed by atoms with van der Waals surface area (Å²) in [6, 6.07) is 6.35. The van der Waals surface area contributed by atoms with Crippen molar-refractivity contribution in [1.82, 2.24) is 10.6 Å². The summed E-state index contributed by atoms with van der Waals surface area (Å²) < 4.78 is 5.76. The molecule has 1 aromatic carbocycles. The minimum absolute atomic E-state index is 0. The predicted molar refractivity (Wildman–Crippen MR) is 118 cm³/mol. The fourth-order valence-electron chi connectivity index (χ4n) is 3.92. The van der Waals surface area contributed by atoms with Crippen LogP contribution in [-0.4, -0.2) is 37.6 Å². The zero-order valence-corrected chi connectivity index (χ0v) is 18.0. The fourth-order valence-corrected chi connectivity index (χ4v) is 3.92. The molecule has 0 aromatic heterocycles. The van der Waals surface area contributed by atoms with E-state index in [9.17, 15) is 9.59 Å². The number of aryl methyl sites for hydroxylation is 1. The highest BCUT2D eigenvalue weighted by Crippen LogP contribution is 2.26. The van der Waals surface area contributed by atoms with Crippen molar-refractivity contribution < 1.29 is 14.3 Å². The number of carbonyl (C=O) groups is 2. The van der Waals surface area contributed by atoms with Crippen LogP contribution in [0.4, 0.5) is 5.69 Å². The van der Waals surface area contributed by atoms with Crippen molar-refractivity contribution in [2.45, 2.75) is 70.3 Å². The molecule has 3 N–H and O–H groups in total. The Kier molecular flexibility index (Phi) is 10.3. The quantitative estimate of drug-likeness (QED) is 0.419. The molecule has 1 heterocycles. The summed E-state index contributed by atoms with van der Waals surface area (Å²) >= 11 is 0. The number of fused-ring (bicyclic) bond motifs is 1. The van der Waals surface area contributed by atoms with E-state index in [1.54, 1.807) is 0 Å². The number of amides is 2. The molecule has 0 bridgehead atoms. The summed E-state index contributed by atoms with van der Waals surface area (Å²) in [5.74, 6) is 0.943. The SMILES string of the molecule is Cl.O=C(CCCOc1ccc2c(c1)CCC(=O)N2)NCCNC1CCCCCC1. The Bertz CT molecular complexity index is 661. The van der Waals surface area contributed by atoms with Crippen LogP contribution >= 0.6 is 12.4 Å². The minimum atomic E-state index is 0. The van der Waals surface area contributed by atoms with Crippen LogP contribution in [0.25, 0.3) is 0 Å². The second kappa shape index (κ2) is 12.7. The normalized spacial score (nSPS) is 16.8. The zero-order valence-electron chi connectivity index (χ0n) is 17.1. The van der Waals surface area contributed by atoms with E-state index in [-0.39, 0.29) is 24.2 Å². The van der Waals surface area contributed by atoms with Crippen LogP contribution < -0.4 is 20.7 Å². The maximum atomic E-state index is 11.9. The lowest BCUT2D eigenvalue weighted by molar-refractivity contribution is -0.121. The number of anilines is 1. The van der Waals surface area contributed by atoms with Crippen molar-refractivity contribution >= 4 is 29.9 Å². The first-order chi connectivity index (χ1) is 13.7. The molecule has 6 nitrogen and oxygen atoms in total. The van der Waals surface area contributed by atoms with Gasteiger partial charge in [0.15, 0.2) is 0 Å². The molecular weight excluding hydrogens is 390 g/mol. The maximum Gasteiger partial charge on any atom is 0.224 e. The lowest BCUT2D eigenvalue weighted by Crippen LogP contribution is -2.36. The summed E-state index contributed by atoms with van der Waals surface area (Å²) in [7, 11) is 0. The molecule has 162 valence electrons. The smallest absolute Gasteiger partial charge is 0.224 e. The first-order valence-corrected chi connectivity index (χ1v) is 10.8. The molecule has 0 radical (unpaired) electrons. The van der Waals surface area contributed by atoms with Gasteiger partial charge in [-0.25, -0.2) is 0 Å². The van der Waals surface area contributed by atoms with Crippen LogP contribution in [0, 0.1) is 0 Å². The van der Waals surface area contributed by atoms with Crippen molar-refractivity contribution in [3.63, 3.8) is 0 Å². The van der Waals surface area contributed by atoms with E-state index in [2.05, 4.69) is 16.0 Å². The molecule has 2 amide bonds. The lowest BCUT2D eigenvalue weighted by Gasteiger charge is -2.17. The molecule has 29 heavy (non-hydrogen) atoms. The van der Waals surface area contributed by atoms with Crippen molar-refractivity contribution in [2.24, 2.45) is 0 Å². The predicted octanol–water partition coefficient (Wildman–Crippen LogP) is 3.58. The van der Waals surface area contributed by atoms with Gasteiger partial charge < -0.3 is 20.7 Å². The van der Waals surface area contributed by atoms with Crippen LogP contribution in [0.15, 0.2) is 18.2 Å². The van der Waals surface area contributed by atoms with Crippen LogP contribution in [0.2, 0.25) is 0 Å². The van der Waals surface area contributed by atoms with E-state index < -0.39 is 0 Å². The van der Waals surface area contributed by atoms with Gasteiger partial charge >= 0.3 is 0 Å². The largest absolute Gasteiger partial charge is 0.494 e. The van der Waals surface area contributed by atoms with E-state index in [0.29, 0.717) is 38.5 Å². The standard InChI is InChI=1S/C22H33N3O3.ClH/c26-21(24-14-13-23-18-6-3-1-2-4-7-18)8-5-15-28-19-10-11-20-17(16-19)9-12-22(27)25-20;/h10-11,16,18,23H,1-9,12-15H2,(H,24,26)(H,25,27);1H. The summed E-state index contributed by atoms with van der Waals surface area (Å²) in [4.78, 5) is 23.3. The summed E-state index contributed by atoms with van der Waals surface area (Å²) in [6.07, 6.45) is 10.3. The van der Waals surface area contributed by atoms with Gasteiger partial charge in [-0.1, -0.05) is 25.7 Å². The molecule has 1 aliphatic carbocycles. The minimum Gasteiger partial charge on any atom is -0.494 e. The van der Waals surface area contributed by atoms with Gasteiger partial charge in [-0.15, -0.1) is 12.4 Å². The third kappa shape index (κ3) is 8.23. The van der Waals surface area contributed by atoms with E-state index in [1.165, 1.54) is 38.5 Å². The van der Waals surface area contributed by atoms with E-state index in [4.69, 9.17) is 4.74 Å². The van der Waals surface area contributed by atoms with Gasteiger partial charge in [0, 0.05) is 37.7 Å². The number of benzene rings is 1. The molecule has 1 aromatic rings. The second-order valence-corrected chi connectivity index (χ2v) is 7.81. The first kappa shape index (κ1) is 23.5. The zero-order chi connectivity index (χ0) is 19.6. The van der Waals surface area contributed by atoms with Crippen LogP contribution in [0.5, 0.6) is 5.75 Å². The molecule has 0 saturated heterocycles. The Morgan fingerprint density at radius 3 is 2.69 bits per heavy atom. The van der Waals surface area contributed by atoms with Gasteiger partial charge in [0.05, 0.1) is 6.61 Å². The molecule has 1 aliphatic heterocycles. The van der Waals surface area contributed by atoms with Gasteiger partial charge in [-0.3, -0.25) is 9.59 Å². The number of hydrogen-bond acceptors (Lipinski definition) is 4. The molecular formula is C22H34ClN3O3. The molecule has 1 fully saturated rings. The van der Waals surface area contributed by atoms with Crippen LogP contribution in [0.1, 0.15) is 63.4 Å². The fraction of sp³-hybridized carbons (Fsp3) is 0.636. The van der Waals surface area contributed by atoms with Gasteiger partial charge in [-0.05, 0) is 49.4 Å². The summed E-state index contributed by atoms with van der Waals surface area (Å²) in [5, 5.41) is 9.42. The molecule has 2 aliphatic rings. The van der Waals surface area contributed by atoms with Crippen molar-refractivity contribution in [2.75, 3.05) is 25.0 Å². The van der Waals surface area contributed by atoms with Crippen molar-refractivity contribution in [3.8, 4) is 5.75 Å². The van der Waals surface area contributed by atoms with Gasteiger partial charge in [-0.2, -0.15) is 0 Å². The van der Waals surface area contributed by atoms with E-state index in [1.807, 2.05) is 18.2 Å². The molecule has 3 rings (SSSR count). The number of hydrogen-bond donors (Lipinski definition) is 3. The Morgan fingerprint density at radius 1 is 1.10 bits per heavy atom.